The molecule has 0 aliphatic heterocycles. The zero-order valence-corrected chi connectivity index (χ0v) is 65.7. The first-order chi connectivity index (χ1) is 60.3. The average molecular weight is 1550 g/mol. The van der Waals surface area contributed by atoms with Gasteiger partial charge in [0.1, 0.15) is 0 Å². The Morgan fingerprint density at radius 1 is 0.189 bits per heavy atom. The van der Waals surface area contributed by atoms with Gasteiger partial charge in [-0.25, -0.2) is 9.69 Å². The van der Waals surface area contributed by atoms with Crippen LogP contribution < -0.4 is 0 Å². The van der Waals surface area contributed by atoms with Crippen molar-refractivity contribution in [2.45, 2.75) is 0 Å². The fourth-order valence-electron chi connectivity index (χ4n) is 18.6. The monoisotopic (exact) mass is 1550 g/mol. The lowest BCUT2D eigenvalue weighted by atomic mass is 10.0. The largest absolute Gasteiger partial charge is 0.309 e. The third kappa shape index (κ3) is 11.8. The van der Waals surface area contributed by atoms with Gasteiger partial charge in [0, 0.05) is 98.8 Å². The number of benzene rings is 18. The van der Waals surface area contributed by atoms with Crippen molar-refractivity contribution < 1.29 is 0 Å². The highest BCUT2D eigenvalue weighted by Gasteiger charge is 2.22. The summed E-state index contributed by atoms with van der Waals surface area (Å²) < 4.78 is 14.1. The Morgan fingerprint density at radius 2 is 0.475 bits per heavy atom. The Hall–Kier alpha value is -17.3. The van der Waals surface area contributed by atoms with Gasteiger partial charge in [0.05, 0.1) is 103 Å². The molecule has 0 saturated heterocycles. The van der Waals surface area contributed by atoms with Gasteiger partial charge in [-0.2, -0.15) is 10.5 Å². The van der Waals surface area contributed by atoms with Crippen molar-refractivity contribution in [1.29, 1.82) is 10.5 Å². The maximum atomic E-state index is 9.55. The summed E-state index contributed by atoms with van der Waals surface area (Å²) in [4.78, 5) is 7.30. The highest BCUT2D eigenvalue weighted by atomic mass is 15.0. The van der Waals surface area contributed by atoms with Crippen molar-refractivity contribution in [3.05, 3.63) is 446 Å². The maximum absolute atomic E-state index is 9.55. The standard InChI is InChI=1S/C38H22N4.2C37H23N3/c39-23-25-9-12-27(13-10-25)28-14-16-29(17-15-28)41-35-7-3-1-5-31(35)33-19-18-30(22-38(33)41)42-36-8-4-2-6-32(36)34-21-26(24-40)11-20-37(34)42;1-38-33-14-6-2-10-28(33)25-18-20-26(21-19-25)39-36-17-9-5-13-31(36)32-24-27(22-23-37(32)39)40-34-15-7-3-11-29(34)30-12-4-8-16-35(30)40;1-38-27-10-8-9-26(23-27)25-17-19-28(20-18-25)39-36-16-7-4-13-32(36)33-24-29(21-22-37(33)39)40-34-14-5-2-11-30(34)31-12-3-6-15-35(31)40/h1-22H;2*2-24H. The fraction of sp³-hybridized carbons (Fsp3) is 0. The van der Waals surface area contributed by atoms with Crippen LogP contribution >= 0.6 is 0 Å². The van der Waals surface area contributed by atoms with E-state index in [2.05, 4.69) is 377 Å². The van der Waals surface area contributed by atoms with Gasteiger partial charge in [-0.3, -0.25) is 0 Å². The number of para-hydroxylation sites is 9. The van der Waals surface area contributed by atoms with Crippen LogP contribution in [0.4, 0.5) is 11.4 Å². The van der Waals surface area contributed by atoms with Crippen molar-refractivity contribution in [1.82, 2.24) is 27.4 Å². The molecule has 0 aliphatic carbocycles. The zero-order chi connectivity index (χ0) is 81.5. The minimum Gasteiger partial charge on any atom is -0.309 e. The van der Waals surface area contributed by atoms with Crippen molar-refractivity contribution >= 4 is 142 Å². The van der Waals surface area contributed by atoms with E-state index in [0.29, 0.717) is 22.5 Å². The molecule has 0 saturated carbocycles. The third-order valence-corrected chi connectivity index (χ3v) is 24.1. The molecule has 0 N–H and O–H groups in total. The lowest BCUT2D eigenvalue weighted by Crippen LogP contribution is -1.97. The Morgan fingerprint density at radius 3 is 0.877 bits per heavy atom. The van der Waals surface area contributed by atoms with Gasteiger partial charge in [-0.1, -0.05) is 243 Å². The van der Waals surface area contributed by atoms with Crippen molar-refractivity contribution in [3.63, 3.8) is 0 Å². The topological polar surface area (TPSA) is 85.9 Å². The second kappa shape index (κ2) is 29.5. The first-order valence-electron chi connectivity index (χ1n) is 40.6. The quantitative estimate of drug-likeness (QED) is 0.135. The Balaban J connectivity index is 0.000000109. The molecule has 18 aromatic carbocycles. The van der Waals surface area contributed by atoms with Gasteiger partial charge in [-0.05, 0) is 203 Å². The first-order valence-corrected chi connectivity index (χ1v) is 40.6. The molecule has 566 valence electrons. The summed E-state index contributed by atoms with van der Waals surface area (Å²) in [6.07, 6.45) is 0. The highest BCUT2D eigenvalue weighted by Crippen LogP contribution is 2.43. The number of nitriles is 2. The summed E-state index contributed by atoms with van der Waals surface area (Å²) in [6.45, 7) is 14.9. The number of rotatable bonds is 9. The van der Waals surface area contributed by atoms with Crippen LogP contribution in [0.5, 0.6) is 0 Å². The smallest absolute Gasteiger partial charge is 0.194 e. The number of aromatic nitrogens is 6. The minimum atomic E-state index is 0.656. The summed E-state index contributed by atoms with van der Waals surface area (Å²) in [6, 6.07) is 149. The zero-order valence-electron chi connectivity index (χ0n) is 65.7. The molecule has 0 atom stereocenters. The van der Waals surface area contributed by atoms with Gasteiger partial charge >= 0.3 is 0 Å². The summed E-state index contributed by atoms with van der Waals surface area (Å²) in [5, 5.41) is 33.3. The number of fused-ring (bicyclic) bond motifs is 18. The minimum absolute atomic E-state index is 0.656. The molecule has 122 heavy (non-hydrogen) atoms. The molecule has 0 fully saturated rings. The van der Waals surface area contributed by atoms with E-state index >= 15 is 0 Å². The van der Waals surface area contributed by atoms with Crippen LogP contribution in [0, 0.1) is 35.8 Å². The SMILES string of the molecule is N#Cc1ccc(-c2ccc(-n3c4ccccc4c4ccc(-n5c6ccccc6c6cc(C#N)ccc65)cc43)cc2)cc1.[C-]#[N+]c1cccc(-c2ccc(-n3c4ccccc4c4cc(-n5c6ccccc6c6ccccc65)ccc43)cc2)c1.[C-]#[N+]c1ccccc1-c1ccc(-n2c3ccccc3c3cc(-n4c5ccccc5c5ccccc54)ccc32)cc1. The van der Waals surface area contributed by atoms with Gasteiger partial charge in [0.2, 0.25) is 0 Å². The molecule has 10 nitrogen and oxygen atoms in total. The molecule has 0 amide bonds. The second-order valence-electron chi connectivity index (χ2n) is 30.7. The van der Waals surface area contributed by atoms with E-state index in [9.17, 15) is 5.26 Å². The van der Waals surface area contributed by atoms with E-state index in [1.807, 2.05) is 84.9 Å². The molecule has 0 aliphatic rings. The summed E-state index contributed by atoms with van der Waals surface area (Å²) >= 11 is 0. The van der Waals surface area contributed by atoms with Gasteiger partial charge in [0.15, 0.2) is 11.4 Å². The van der Waals surface area contributed by atoms with Crippen LogP contribution in [0.15, 0.2) is 413 Å². The van der Waals surface area contributed by atoms with Gasteiger partial charge in [-0.15, -0.1) is 0 Å². The number of nitrogens with zero attached hydrogens (tertiary/aromatic N) is 10. The predicted molar refractivity (Wildman–Crippen MR) is 504 cm³/mol. The summed E-state index contributed by atoms with van der Waals surface area (Å²) in [5.41, 5.74) is 29.6. The van der Waals surface area contributed by atoms with Crippen LogP contribution in [0.1, 0.15) is 11.1 Å². The molecule has 0 radical (unpaired) electrons. The third-order valence-electron chi connectivity index (χ3n) is 24.1. The average Bonchev–Trinajstić information content (AvgIpc) is 1.58. The Labute approximate surface area is 701 Å². The highest BCUT2D eigenvalue weighted by molar-refractivity contribution is 6.16. The van der Waals surface area contributed by atoms with Crippen molar-refractivity contribution in [2.24, 2.45) is 0 Å². The molecule has 24 aromatic rings. The Kier molecular flexibility index (Phi) is 17.2. The summed E-state index contributed by atoms with van der Waals surface area (Å²) in [7, 11) is 0. The predicted octanol–water partition coefficient (Wildman–Crippen LogP) is 29.5. The molecule has 24 rings (SSSR count). The number of hydrogen-bond acceptors (Lipinski definition) is 2. The molecule has 0 bridgehead atoms. The normalized spacial score (nSPS) is 11.4. The second-order valence-corrected chi connectivity index (χ2v) is 30.7. The van der Waals surface area contributed by atoms with E-state index in [-0.39, 0.29) is 0 Å². The summed E-state index contributed by atoms with van der Waals surface area (Å²) in [5.74, 6) is 0. The van der Waals surface area contributed by atoms with Crippen molar-refractivity contribution in [3.8, 4) is 79.6 Å². The molecular formula is C112H68N10. The lowest BCUT2D eigenvalue weighted by Gasteiger charge is -2.12. The van der Waals surface area contributed by atoms with Crippen molar-refractivity contribution in [2.75, 3.05) is 0 Å². The van der Waals surface area contributed by atoms with Crippen LogP contribution in [-0.2, 0) is 0 Å². The van der Waals surface area contributed by atoms with Gasteiger partial charge < -0.3 is 27.4 Å². The van der Waals surface area contributed by atoms with Crippen LogP contribution in [-0.4, -0.2) is 27.4 Å². The van der Waals surface area contributed by atoms with Gasteiger partial charge in [0.25, 0.3) is 0 Å². The van der Waals surface area contributed by atoms with E-state index in [1.165, 1.54) is 98.0 Å². The van der Waals surface area contributed by atoms with E-state index in [1.54, 1.807) is 0 Å². The van der Waals surface area contributed by atoms with Crippen LogP contribution in [0.25, 0.3) is 208 Å². The molecular weight excluding hydrogens is 1490 g/mol. The first kappa shape index (κ1) is 71.3. The molecule has 0 spiro atoms. The molecule has 6 aromatic heterocycles. The Bertz CT molecular complexity index is 8440. The molecule has 0 unspecified atom stereocenters. The number of hydrogen-bond donors (Lipinski definition) is 0. The van der Waals surface area contributed by atoms with Crippen LogP contribution in [0.2, 0.25) is 0 Å². The fourth-order valence-corrected chi connectivity index (χ4v) is 18.6. The van der Waals surface area contributed by atoms with E-state index < -0.39 is 0 Å². The van der Waals surface area contributed by atoms with E-state index in [0.717, 1.165) is 100 Å². The molecule has 6 heterocycles. The van der Waals surface area contributed by atoms with E-state index in [4.69, 9.17) is 18.4 Å². The van der Waals surface area contributed by atoms with Crippen LogP contribution in [0.3, 0.4) is 0 Å². The lowest BCUT2D eigenvalue weighted by molar-refractivity contribution is 1.15. The molecule has 10 heteroatoms. The maximum Gasteiger partial charge on any atom is 0.194 e.